The van der Waals surface area contributed by atoms with Crippen LogP contribution in [-0.2, 0) is 71.6 Å². The summed E-state index contributed by atoms with van der Waals surface area (Å²) >= 11 is 0. The third kappa shape index (κ3) is 44.4. The lowest BCUT2D eigenvalue weighted by Crippen LogP contribution is -2.35. The van der Waals surface area contributed by atoms with Crippen LogP contribution in [0.4, 0.5) is 0 Å². The van der Waals surface area contributed by atoms with Crippen molar-refractivity contribution in [1.29, 1.82) is 0 Å². The van der Waals surface area contributed by atoms with E-state index in [1.807, 2.05) is 36.4 Å². The number of ketones is 3. The number of aromatic nitrogens is 2. The van der Waals surface area contributed by atoms with E-state index in [4.69, 9.17) is 33.5 Å². The number of amides is 5. The SMILES string of the molecule is CCC(=O)COCCOCCNC(=O)[C@H](CCCCNC(=O)CCSSc1ccccn1)CC(=O)COCCOCCNC(=O)[C@H](CCCCNC(=O)CCSSc1ccccn1)CC(=O)COCCOCCNC(=O)CCCCC(=O)O. The number of nitrogens with one attached hydrogen (secondary N) is 5. The van der Waals surface area contributed by atoms with Crippen LogP contribution in [-0.4, -0.2) is 191 Å². The smallest absolute Gasteiger partial charge is 0.303 e. The maximum absolute atomic E-state index is 13.4. The molecular weight excluding hydrogens is 1150 g/mol. The van der Waals surface area contributed by atoms with Crippen LogP contribution in [0.3, 0.4) is 0 Å². The van der Waals surface area contributed by atoms with Crippen molar-refractivity contribution in [2.24, 2.45) is 11.8 Å². The fourth-order valence-electron chi connectivity index (χ4n) is 7.26. The van der Waals surface area contributed by atoms with Crippen molar-refractivity contribution in [3.8, 4) is 0 Å². The summed E-state index contributed by atoms with van der Waals surface area (Å²) in [6, 6.07) is 11.3. The summed E-state index contributed by atoms with van der Waals surface area (Å²) in [6.07, 6.45) is 8.77. The van der Waals surface area contributed by atoms with Crippen molar-refractivity contribution in [1.82, 2.24) is 36.6 Å². The molecule has 0 spiro atoms. The molecule has 0 saturated carbocycles. The number of carbonyl (C=O) groups excluding carboxylic acids is 8. The zero-order chi connectivity index (χ0) is 60.2. The molecule has 27 heteroatoms. The molecule has 2 atom stereocenters. The van der Waals surface area contributed by atoms with Crippen molar-refractivity contribution in [2.75, 3.05) is 124 Å². The van der Waals surface area contributed by atoms with Crippen LogP contribution in [0.1, 0.15) is 103 Å². The zero-order valence-corrected chi connectivity index (χ0v) is 51.2. The molecular formula is C56H87N7O16S4. The second-order valence-electron chi connectivity index (χ2n) is 18.6. The topological polar surface area (TPSA) is 315 Å². The van der Waals surface area contributed by atoms with Crippen molar-refractivity contribution in [3.05, 3.63) is 48.8 Å². The maximum Gasteiger partial charge on any atom is 0.303 e. The second-order valence-corrected chi connectivity index (χ2v) is 23.5. The first kappa shape index (κ1) is 74.4. The molecule has 0 fully saturated rings. The summed E-state index contributed by atoms with van der Waals surface area (Å²) in [5, 5.41) is 24.7. The Balaban J connectivity index is 1.75. The molecule has 83 heavy (non-hydrogen) atoms. The predicted molar refractivity (Wildman–Crippen MR) is 320 cm³/mol. The molecule has 2 rings (SSSR count). The molecule has 0 bridgehead atoms. The lowest BCUT2D eigenvalue weighted by molar-refractivity contribution is -0.137. The number of ether oxygens (including phenoxy) is 6. The molecule has 5 amide bonds. The normalized spacial score (nSPS) is 11.8. The van der Waals surface area contributed by atoms with Gasteiger partial charge in [0.2, 0.25) is 29.5 Å². The Morgan fingerprint density at radius 3 is 1.28 bits per heavy atom. The van der Waals surface area contributed by atoms with Gasteiger partial charge in [-0.15, -0.1) is 0 Å². The van der Waals surface area contributed by atoms with Crippen LogP contribution in [0.2, 0.25) is 0 Å². The number of rotatable bonds is 56. The Bertz CT molecular complexity index is 2130. The largest absolute Gasteiger partial charge is 0.481 e. The summed E-state index contributed by atoms with van der Waals surface area (Å²) in [6.45, 7) is 4.43. The number of carbonyl (C=O) groups is 9. The van der Waals surface area contributed by atoms with Crippen LogP contribution >= 0.6 is 43.2 Å². The number of aliphatic carboxylic acids is 1. The summed E-state index contributed by atoms with van der Waals surface area (Å²) < 4.78 is 33.0. The van der Waals surface area contributed by atoms with Gasteiger partial charge < -0.3 is 60.1 Å². The van der Waals surface area contributed by atoms with Gasteiger partial charge in [-0.1, -0.05) is 53.5 Å². The lowest BCUT2D eigenvalue weighted by atomic mass is 9.95. The third-order valence-electron chi connectivity index (χ3n) is 11.7. The highest BCUT2D eigenvalue weighted by Gasteiger charge is 2.23. The van der Waals surface area contributed by atoms with E-state index in [2.05, 4.69) is 36.6 Å². The minimum absolute atomic E-state index is 0.00226. The fourth-order valence-corrected chi connectivity index (χ4v) is 11.0. The van der Waals surface area contributed by atoms with Crippen molar-refractivity contribution < 1.29 is 76.7 Å². The average molecular weight is 1240 g/mol. The molecule has 0 aliphatic rings. The molecule has 0 aliphatic carbocycles. The standard InChI is InChI=1S/C56H87N7O16S4/c1-2-46(64)41-77-34-31-75-29-26-62-55(72)45(14-6-10-22-58-51(69)20-38-81-83-53-17-8-12-24-61-53)40-48(66)43-79-36-33-76-30-27-63-56(73)44(13-5-9-21-57-50(68)19-37-80-82-52-16-7-11-23-60-52)39-47(65)42-78-35-32-74-28-25-59-49(67)15-3-4-18-54(70)71/h7-8,11-12,16-17,23-24,44-45H,2-6,9-10,13-15,18-22,25-43H2,1H3,(H,57,68)(H,58,69)(H,59,67)(H,62,72)(H,63,73)(H,70,71)/t44-,45-/m1/s1. The number of unbranched alkanes of at least 4 members (excludes halogenated alkanes) is 3. The van der Waals surface area contributed by atoms with Gasteiger partial charge in [-0.2, -0.15) is 0 Å². The Labute approximate surface area is 504 Å². The van der Waals surface area contributed by atoms with Gasteiger partial charge in [0, 0.05) is 113 Å². The Kier molecular flexibility index (Phi) is 46.3. The Morgan fingerprint density at radius 2 is 0.855 bits per heavy atom. The van der Waals surface area contributed by atoms with Crippen LogP contribution < -0.4 is 26.6 Å². The first-order valence-corrected chi connectivity index (χ1v) is 33.0. The molecule has 0 unspecified atom stereocenters. The quantitative estimate of drug-likeness (QED) is 0.0365. The van der Waals surface area contributed by atoms with Crippen LogP contribution in [0.15, 0.2) is 58.8 Å². The lowest BCUT2D eigenvalue weighted by Gasteiger charge is -2.17. The molecule has 23 nitrogen and oxygen atoms in total. The third-order valence-corrected chi connectivity index (χ3v) is 16.2. The van der Waals surface area contributed by atoms with Crippen LogP contribution in [0.25, 0.3) is 0 Å². The number of nitrogens with zero attached hydrogens (tertiary/aromatic N) is 2. The van der Waals surface area contributed by atoms with Gasteiger partial charge in [-0.3, -0.25) is 43.2 Å². The molecule has 6 N–H and O–H groups in total. The number of Topliss-reactive ketones (excluding diaryl/α,β-unsaturated/α-hetero) is 3. The highest BCUT2D eigenvalue weighted by Crippen LogP contribution is 2.30. The molecule has 0 radical (unpaired) electrons. The first-order valence-electron chi connectivity index (χ1n) is 28.4. The van der Waals surface area contributed by atoms with Crippen molar-refractivity contribution >= 4 is 96.0 Å². The van der Waals surface area contributed by atoms with E-state index in [0.29, 0.717) is 95.2 Å². The highest BCUT2D eigenvalue weighted by molar-refractivity contribution is 8.77. The van der Waals surface area contributed by atoms with Gasteiger partial charge in [0.15, 0.2) is 17.3 Å². The van der Waals surface area contributed by atoms with Gasteiger partial charge in [0.1, 0.15) is 29.9 Å². The van der Waals surface area contributed by atoms with Crippen molar-refractivity contribution in [3.63, 3.8) is 0 Å². The summed E-state index contributed by atoms with van der Waals surface area (Å²) in [5.41, 5.74) is 0. The second kappa shape index (κ2) is 51.7. The maximum atomic E-state index is 13.4. The number of hydrogen-bond acceptors (Lipinski definition) is 21. The highest BCUT2D eigenvalue weighted by atomic mass is 33.1. The molecule has 2 aromatic heterocycles. The number of hydrogen-bond donors (Lipinski definition) is 6. The van der Waals surface area contributed by atoms with Gasteiger partial charge in [-0.05, 0) is 84.4 Å². The van der Waals surface area contributed by atoms with E-state index in [0.717, 1.165) is 10.1 Å². The van der Waals surface area contributed by atoms with Gasteiger partial charge >= 0.3 is 5.97 Å². The van der Waals surface area contributed by atoms with E-state index in [9.17, 15) is 43.2 Å². The molecule has 2 heterocycles. The van der Waals surface area contributed by atoms with Gasteiger partial charge in [0.05, 0.1) is 59.5 Å². The average Bonchev–Trinajstić information content (AvgIpc) is 3.49. The fraction of sp³-hybridized carbons (Fsp3) is 0.661. The zero-order valence-electron chi connectivity index (χ0n) is 47.9. The minimum atomic E-state index is -0.897. The molecule has 0 aliphatic heterocycles. The summed E-state index contributed by atoms with van der Waals surface area (Å²) in [4.78, 5) is 120. The molecule has 0 aromatic carbocycles. The van der Waals surface area contributed by atoms with Crippen molar-refractivity contribution in [2.45, 2.75) is 113 Å². The van der Waals surface area contributed by atoms with E-state index in [1.165, 1.54) is 21.6 Å². The van der Waals surface area contributed by atoms with Crippen LogP contribution in [0.5, 0.6) is 0 Å². The Morgan fingerprint density at radius 1 is 0.458 bits per heavy atom. The summed E-state index contributed by atoms with van der Waals surface area (Å²) in [5.74, 6) is -2.44. The monoisotopic (exact) mass is 1240 g/mol. The van der Waals surface area contributed by atoms with Gasteiger partial charge in [-0.25, -0.2) is 9.97 Å². The van der Waals surface area contributed by atoms with Crippen LogP contribution in [0, 0.1) is 11.8 Å². The van der Waals surface area contributed by atoms with E-state index < -0.39 is 17.8 Å². The minimum Gasteiger partial charge on any atom is -0.481 e. The van der Waals surface area contributed by atoms with E-state index in [-0.39, 0.29) is 171 Å². The molecule has 2 aromatic rings. The predicted octanol–water partition coefficient (Wildman–Crippen LogP) is 5.23. The Hall–Kier alpha value is -4.71. The van der Waals surface area contributed by atoms with E-state index in [1.54, 1.807) is 40.9 Å². The number of carboxylic acid groups (broad SMARTS) is 1. The number of carboxylic acids is 1. The molecule has 466 valence electrons. The molecule has 0 saturated heterocycles. The first-order chi connectivity index (χ1) is 40.4. The number of pyridine rings is 2. The summed E-state index contributed by atoms with van der Waals surface area (Å²) in [7, 11) is 6.12. The van der Waals surface area contributed by atoms with Gasteiger partial charge in [0.25, 0.3) is 0 Å². The van der Waals surface area contributed by atoms with E-state index >= 15 is 0 Å².